The first-order chi connectivity index (χ1) is 8.45. The van der Waals surface area contributed by atoms with Crippen LogP contribution in [0.4, 0.5) is 11.4 Å². The van der Waals surface area contributed by atoms with Gasteiger partial charge in [0.15, 0.2) is 5.11 Å². The predicted octanol–water partition coefficient (Wildman–Crippen LogP) is 3.03. The smallest absolute Gasteiger partial charge is 0.288 e. The number of anilines is 1. The van der Waals surface area contributed by atoms with Crippen molar-refractivity contribution in [1.29, 1.82) is 0 Å². The van der Waals surface area contributed by atoms with Gasteiger partial charge >= 0.3 is 0 Å². The van der Waals surface area contributed by atoms with Crippen LogP contribution in [-0.4, -0.2) is 16.6 Å². The summed E-state index contributed by atoms with van der Waals surface area (Å²) in [7, 11) is 0. The fourth-order valence-electron chi connectivity index (χ4n) is 1.27. The van der Waals surface area contributed by atoms with Crippen LogP contribution in [0.5, 0.6) is 0 Å². The minimum absolute atomic E-state index is 0.0691. The van der Waals surface area contributed by atoms with Gasteiger partial charge in [0.25, 0.3) is 5.69 Å². The maximum Gasteiger partial charge on any atom is 0.288 e. The highest BCUT2D eigenvalue weighted by molar-refractivity contribution is 7.80. The molecule has 0 atom stereocenters. The summed E-state index contributed by atoms with van der Waals surface area (Å²) in [5.41, 5.74) is 1.20. The molecule has 0 amide bonds. The Bertz CT molecular complexity index is 505. The van der Waals surface area contributed by atoms with Crippen LogP contribution in [0, 0.1) is 17.0 Å². The number of nitro groups is 1. The van der Waals surface area contributed by atoms with Crippen LogP contribution in [0.15, 0.2) is 24.8 Å². The molecule has 1 aromatic carbocycles. The summed E-state index contributed by atoms with van der Waals surface area (Å²) in [6.07, 6.45) is 1.67. The van der Waals surface area contributed by atoms with E-state index in [4.69, 9.17) is 23.8 Å². The number of nitrogens with zero attached hydrogens (tertiary/aromatic N) is 1. The molecule has 0 unspecified atom stereocenters. The van der Waals surface area contributed by atoms with Gasteiger partial charge in [-0.05, 0) is 30.8 Å². The van der Waals surface area contributed by atoms with E-state index in [0.29, 0.717) is 22.9 Å². The maximum absolute atomic E-state index is 10.7. The summed E-state index contributed by atoms with van der Waals surface area (Å²) in [6, 6.07) is 2.89. The number of nitro benzene ring substituents is 1. The molecule has 1 aromatic rings. The third kappa shape index (κ3) is 3.68. The standard InChI is InChI=1S/C11H12ClN3O2S/c1-3-4-13-11(18)14-9-6-8(12)10(15(16)17)5-7(9)2/h3,5-6H,1,4H2,2H3,(H2,13,14,18). The van der Waals surface area contributed by atoms with E-state index in [-0.39, 0.29) is 10.7 Å². The quantitative estimate of drug-likeness (QED) is 0.385. The van der Waals surface area contributed by atoms with E-state index in [1.54, 1.807) is 13.0 Å². The second-order valence-electron chi connectivity index (χ2n) is 3.50. The molecule has 0 radical (unpaired) electrons. The average molecular weight is 286 g/mol. The molecule has 0 aliphatic carbocycles. The first-order valence-corrected chi connectivity index (χ1v) is 5.84. The van der Waals surface area contributed by atoms with Gasteiger partial charge in [-0.3, -0.25) is 10.1 Å². The van der Waals surface area contributed by atoms with Gasteiger partial charge in [0, 0.05) is 18.3 Å². The molecule has 7 heteroatoms. The van der Waals surface area contributed by atoms with E-state index in [2.05, 4.69) is 17.2 Å². The van der Waals surface area contributed by atoms with Crippen LogP contribution in [0.2, 0.25) is 5.02 Å². The molecule has 0 saturated carbocycles. The van der Waals surface area contributed by atoms with Crippen molar-refractivity contribution in [2.75, 3.05) is 11.9 Å². The van der Waals surface area contributed by atoms with E-state index in [9.17, 15) is 10.1 Å². The number of benzene rings is 1. The third-order valence-corrected chi connectivity index (χ3v) is 2.69. The molecule has 0 heterocycles. The number of rotatable bonds is 4. The first kappa shape index (κ1) is 14.4. The van der Waals surface area contributed by atoms with Crippen LogP contribution >= 0.6 is 23.8 Å². The molecule has 18 heavy (non-hydrogen) atoms. The van der Waals surface area contributed by atoms with Crippen molar-refractivity contribution in [2.24, 2.45) is 0 Å². The van der Waals surface area contributed by atoms with Gasteiger partial charge in [-0.25, -0.2) is 0 Å². The van der Waals surface area contributed by atoms with Crippen molar-refractivity contribution in [3.8, 4) is 0 Å². The van der Waals surface area contributed by atoms with Gasteiger partial charge in [0.1, 0.15) is 5.02 Å². The molecule has 0 spiro atoms. The van der Waals surface area contributed by atoms with Crippen LogP contribution in [0.3, 0.4) is 0 Å². The molecular weight excluding hydrogens is 274 g/mol. The first-order valence-electron chi connectivity index (χ1n) is 5.06. The fourth-order valence-corrected chi connectivity index (χ4v) is 1.70. The number of hydrogen-bond donors (Lipinski definition) is 2. The summed E-state index contributed by atoms with van der Waals surface area (Å²) in [5, 5.41) is 17.0. The predicted molar refractivity (Wildman–Crippen MR) is 77.3 cm³/mol. The highest BCUT2D eigenvalue weighted by Crippen LogP contribution is 2.30. The molecule has 0 aliphatic heterocycles. The highest BCUT2D eigenvalue weighted by atomic mass is 35.5. The van der Waals surface area contributed by atoms with E-state index in [1.165, 1.54) is 12.1 Å². The zero-order chi connectivity index (χ0) is 13.7. The topological polar surface area (TPSA) is 67.2 Å². The van der Waals surface area contributed by atoms with Crippen molar-refractivity contribution in [2.45, 2.75) is 6.92 Å². The van der Waals surface area contributed by atoms with Gasteiger partial charge in [0.05, 0.1) is 4.92 Å². The Morgan fingerprint density at radius 1 is 1.67 bits per heavy atom. The number of aryl methyl sites for hydroxylation is 1. The Balaban J connectivity index is 2.91. The number of thiocarbonyl (C=S) groups is 1. The van der Waals surface area contributed by atoms with Crippen molar-refractivity contribution in [3.63, 3.8) is 0 Å². The zero-order valence-electron chi connectivity index (χ0n) is 9.70. The third-order valence-electron chi connectivity index (χ3n) is 2.15. The molecule has 0 fully saturated rings. The van der Waals surface area contributed by atoms with E-state index < -0.39 is 4.92 Å². The Morgan fingerprint density at radius 2 is 2.33 bits per heavy atom. The Morgan fingerprint density at radius 3 is 2.89 bits per heavy atom. The maximum atomic E-state index is 10.7. The minimum Gasteiger partial charge on any atom is -0.359 e. The largest absolute Gasteiger partial charge is 0.359 e. The van der Waals surface area contributed by atoms with Gasteiger partial charge < -0.3 is 10.6 Å². The summed E-state index contributed by atoms with van der Waals surface area (Å²) in [5.74, 6) is 0. The number of hydrogen-bond acceptors (Lipinski definition) is 3. The van der Waals surface area contributed by atoms with Crippen molar-refractivity contribution in [1.82, 2.24) is 5.32 Å². The van der Waals surface area contributed by atoms with Crippen LogP contribution < -0.4 is 10.6 Å². The van der Waals surface area contributed by atoms with Crippen molar-refractivity contribution < 1.29 is 4.92 Å². The molecule has 0 bridgehead atoms. The minimum atomic E-state index is -0.520. The summed E-state index contributed by atoms with van der Waals surface area (Å²) in [6.45, 7) is 5.83. The van der Waals surface area contributed by atoms with Crippen LogP contribution in [0.25, 0.3) is 0 Å². The van der Waals surface area contributed by atoms with Gasteiger partial charge in [0.2, 0.25) is 0 Å². The normalized spacial score (nSPS) is 9.67. The monoisotopic (exact) mass is 285 g/mol. The second kappa shape index (κ2) is 6.32. The lowest BCUT2D eigenvalue weighted by molar-refractivity contribution is -0.384. The number of halogens is 1. The molecular formula is C11H12ClN3O2S. The molecule has 96 valence electrons. The molecule has 0 aliphatic rings. The lowest BCUT2D eigenvalue weighted by Crippen LogP contribution is -2.28. The zero-order valence-corrected chi connectivity index (χ0v) is 11.3. The molecule has 1 rings (SSSR count). The van der Waals surface area contributed by atoms with Gasteiger partial charge in [-0.2, -0.15) is 0 Å². The van der Waals surface area contributed by atoms with Gasteiger partial charge in [-0.15, -0.1) is 6.58 Å². The molecule has 0 aromatic heterocycles. The second-order valence-corrected chi connectivity index (χ2v) is 4.31. The highest BCUT2D eigenvalue weighted by Gasteiger charge is 2.15. The van der Waals surface area contributed by atoms with Crippen molar-refractivity contribution in [3.05, 3.63) is 45.5 Å². The lowest BCUT2D eigenvalue weighted by atomic mass is 10.2. The molecule has 5 nitrogen and oxygen atoms in total. The summed E-state index contributed by atoms with van der Waals surface area (Å²) in [4.78, 5) is 10.2. The molecule has 0 saturated heterocycles. The fraction of sp³-hybridized carbons (Fsp3) is 0.182. The number of nitrogens with one attached hydrogen (secondary N) is 2. The Hall–Kier alpha value is -1.66. The van der Waals surface area contributed by atoms with Gasteiger partial charge in [-0.1, -0.05) is 17.7 Å². The summed E-state index contributed by atoms with van der Waals surface area (Å²) < 4.78 is 0. The van der Waals surface area contributed by atoms with E-state index in [0.717, 1.165) is 0 Å². The summed E-state index contributed by atoms with van der Waals surface area (Å²) >= 11 is 10.9. The van der Waals surface area contributed by atoms with Crippen LogP contribution in [-0.2, 0) is 0 Å². The van der Waals surface area contributed by atoms with E-state index >= 15 is 0 Å². The Kier molecular flexibility index (Phi) is 5.06. The van der Waals surface area contributed by atoms with Crippen molar-refractivity contribution >= 4 is 40.3 Å². The SMILES string of the molecule is C=CCNC(=S)Nc1cc(Cl)c([N+](=O)[O-])cc1C. The lowest BCUT2D eigenvalue weighted by Gasteiger charge is -2.11. The van der Waals surface area contributed by atoms with Crippen LogP contribution in [0.1, 0.15) is 5.56 Å². The Labute approximate surface area is 115 Å². The molecule has 2 N–H and O–H groups in total. The average Bonchev–Trinajstić information content (AvgIpc) is 2.30. The van der Waals surface area contributed by atoms with E-state index in [1.807, 2.05) is 0 Å².